The van der Waals surface area contributed by atoms with Crippen molar-refractivity contribution < 1.29 is 19.0 Å². The van der Waals surface area contributed by atoms with E-state index in [1.54, 1.807) is 12.1 Å². The lowest BCUT2D eigenvalue weighted by molar-refractivity contribution is 0.252. The molecule has 0 aromatic heterocycles. The fraction of sp³-hybridized carbons (Fsp3) is 0.533. The van der Waals surface area contributed by atoms with E-state index in [-0.39, 0.29) is 6.03 Å². The zero-order valence-corrected chi connectivity index (χ0v) is 13.1. The summed E-state index contributed by atoms with van der Waals surface area (Å²) in [5.74, 6) is 1.66. The minimum atomic E-state index is -0.272. The van der Waals surface area contributed by atoms with Crippen LogP contribution in [-0.2, 0) is 0 Å². The van der Waals surface area contributed by atoms with Gasteiger partial charge in [-0.2, -0.15) is 0 Å². The number of urea groups is 1. The lowest BCUT2D eigenvalue weighted by Gasteiger charge is -2.17. The molecule has 1 rings (SSSR count). The summed E-state index contributed by atoms with van der Waals surface area (Å²) < 4.78 is 16.8. The van der Waals surface area contributed by atoms with Crippen molar-refractivity contribution in [3.63, 3.8) is 0 Å². The van der Waals surface area contributed by atoms with Crippen molar-refractivity contribution in [3.8, 4) is 17.2 Å². The van der Waals surface area contributed by atoms with E-state index in [2.05, 4.69) is 10.6 Å². The minimum absolute atomic E-state index is 0.272. The van der Waals surface area contributed by atoms with Crippen molar-refractivity contribution in [3.05, 3.63) is 12.1 Å². The maximum atomic E-state index is 11.6. The highest BCUT2D eigenvalue weighted by molar-refractivity contribution is 5.90. The van der Waals surface area contributed by atoms with Gasteiger partial charge in [0.15, 0.2) is 11.5 Å². The first kappa shape index (κ1) is 16.9. The molecule has 0 aliphatic rings. The second-order valence-electron chi connectivity index (χ2n) is 4.09. The molecule has 21 heavy (non-hydrogen) atoms. The van der Waals surface area contributed by atoms with Crippen LogP contribution in [0.4, 0.5) is 10.5 Å². The van der Waals surface area contributed by atoms with Crippen molar-refractivity contribution in [1.82, 2.24) is 5.32 Å². The van der Waals surface area contributed by atoms with E-state index in [1.807, 2.05) is 27.7 Å². The van der Waals surface area contributed by atoms with Crippen LogP contribution in [0.1, 0.15) is 27.7 Å². The van der Waals surface area contributed by atoms with Crippen LogP contribution in [0, 0.1) is 0 Å². The maximum Gasteiger partial charge on any atom is 0.319 e. The van der Waals surface area contributed by atoms with Crippen LogP contribution in [0.2, 0.25) is 0 Å². The monoisotopic (exact) mass is 296 g/mol. The van der Waals surface area contributed by atoms with Crippen molar-refractivity contribution in [1.29, 1.82) is 0 Å². The number of carbonyl (C=O) groups is 1. The molecular weight excluding hydrogens is 272 g/mol. The van der Waals surface area contributed by atoms with E-state index in [0.717, 1.165) is 0 Å². The van der Waals surface area contributed by atoms with E-state index in [4.69, 9.17) is 14.2 Å². The van der Waals surface area contributed by atoms with Crippen molar-refractivity contribution >= 4 is 11.7 Å². The van der Waals surface area contributed by atoms with Crippen LogP contribution >= 0.6 is 0 Å². The highest BCUT2D eigenvalue weighted by Crippen LogP contribution is 2.40. The molecule has 0 unspecified atom stereocenters. The molecule has 0 atom stereocenters. The highest BCUT2D eigenvalue weighted by Gasteiger charge is 2.15. The Morgan fingerprint density at radius 2 is 1.48 bits per heavy atom. The van der Waals surface area contributed by atoms with E-state index in [9.17, 15) is 4.79 Å². The molecule has 1 aromatic rings. The number of benzene rings is 1. The summed E-state index contributed by atoms with van der Waals surface area (Å²) in [5, 5.41) is 5.42. The Labute approximate surface area is 125 Å². The summed E-state index contributed by atoms with van der Waals surface area (Å²) in [4.78, 5) is 11.6. The third-order valence-electron chi connectivity index (χ3n) is 2.50. The summed E-state index contributed by atoms with van der Waals surface area (Å²) in [5.41, 5.74) is 0.594. The molecular formula is C15H24N2O4. The number of ether oxygens (including phenoxy) is 3. The molecule has 0 heterocycles. The maximum absolute atomic E-state index is 11.6. The SMILES string of the molecule is CCNC(=O)Nc1cc(OCC)c(OCC)c(OCC)c1. The first-order valence-corrected chi connectivity index (χ1v) is 7.27. The Morgan fingerprint density at radius 1 is 0.952 bits per heavy atom. The van der Waals surface area contributed by atoms with Crippen LogP contribution in [0.3, 0.4) is 0 Å². The van der Waals surface area contributed by atoms with Gasteiger partial charge in [0.1, 0.15) is 0 Å². The van der Waals surface area contributed by atoms with E-state index >= 15 is 0 Å². The Bertz CT molecular complexity index is 436. The van der Waals surface area contributed by atoms with Gasteiger partial charge in [-0.3, -0.25) is 0 Å². The number of hydrogen-bond acceptors (Lipinski definition) is 4. The minimum Gasteiger partial charge on any atom is -0.490 e. The van der Waals surface area contributed by atoms with Crippen LogP contribution in [0.5, 0.6) is 17.2 Å². The summed E-state index contributed by atoms with van der Waals surface area (Å²) >= 11 is 0. The third kappa shape index (κ3) is 5.06. The second kappa shape index (κ2) is 8.94. The lowest BCUT2D eigenvalue weighted by atomic mass is 10.2. The predicted molar refractivity (Wildman–Crippen MR) is 82.6 cm³/mol. The van der Waals surface area contributed by atoms with Gasteiger partial charge in [-0.1, -0.05) is 0 Å². The average Bonchev–Trinajstić information content (AvgIpc) is 2.43. The first-order chi connectivity index (χ1) is 10.2. The smallest absolute Gasteiger partial charge is 0.319 e. The molecule has 6 nitrogen and oxygen atoms in total. The molecule has 0 spiro atoms. The fourth-order valence-electron chi connectivity index (χ4n) is 1.80. The molecule has 0 saturated heterocycles. The van der Waals surface area contributed by atoms with E-state index in [0.29, 0.717) is 49.3 Å². The van der Waals surface area contributed by atoms with Crippen molar-refractivity contribution in [2.45, 2.75) is 27.7 Å². The summed E-state index contributed by atoms with van der Waals surface area (Å²) in [7, 11) is 0. The largest absolute Gasteiger partial charge is 0.490 e. The van der Waals surface area contributed by atoms with Crippen molar-refractivity contribution in [2.24, 2.45) is 0 Å². The zero-order valence-electron chi connectivity index (χ0n) is 13.1. The molecule has 1 aromatic carbocycles. The number of nitrogens with one attached hydrogen (secondary N) is 2. The highest BCUT2D eigenvalue weighted by atomic mass is 16.5. The Morgan fingerprint density at radius 3 is 1.90 bits per heavy atom. The van der Waals surface area contributed by atoms with Gasteiger partial charge in [-0.15, -0.1) is 0 Å². The van der Waals surface area contributed by atoms with Crippen LogP contribution < -0.4 is 24.8 Å². The molecule has 0 radical (unpaired) electrons. The second-order valence-corrected chi connectivity index (χ2v) is 4.09. The van der Waals surface area contributed by atoms with Crippen molar-refractivity contribution in [2.75, 3.05) is 31.7 Å². The Hall–Kier alpha value is -2.11. The molecule has 0 saturated carbocycles. The molecule has 0 fully saturated rings. The van der Waals surface area contributed by atoms with Gasteiger partial charge in [0.25, 0.3) is 0 Å². The normalized spacial score (nSPS) is 9.90. The van der Waals surface area contributed by atoms with Gasteiger partial charge in [-0.05, 0) is 27.7 Å². The zero-order chi connectivity index (χ0) is 15.7. The molecule has 2 N–H and O–H groups in total. The third-order valence-corrected chi connectivity index (χ3v) is 2.50. The summed E-state index contributed by atoms with van der Waals surface area (Å²) in [6, 6.07) is 3.19. The predicted octanol–water partition coefficient (Wildman–Crippen LogP) is 3.02. The Kier molecular flexibility index (Phi) is 7.21. The summed E-state index contributed by atoms with van der Waals surface area (Å²) in [6.45, 7) is 9.58. The number of hydrogen-bond donors (Lipinski definition) is 2. The van der Waals surface area contributed by atoms with Crippen LogP contribution in [-0.4, -0.2) is 32.4 Å². The summed E-state index contributed by atoms with van der Waals surface area (Å²) in [6.07, 6.45) is 0. The van der Waals surface area contributed by atoms with Gasteiger partial charge in [-0.25, -0.2) is 4.79 Å². The topological polar surface area (TPSA) is 68.8 Å². The van der Waals surface area contributed by atoms with Crippen LogP contribution in [0.15, 0.2) is 12.1 Å². The Balaban J connectivity index is 3.12. The molecule has 2 amide bonds. The molecule has 118 valence electrons. The fourth-order valence-corrected chi connectivity index (χ4v) is 1.80. The number of rotatable bonds is 8. The molecule has 0 bridgehead atoms. The molecule has 0 aliphatic heterocycles. The standard InChI is InChI=1S/C15H24N2O4/c1-5-16-15(18)17-11-9-12(19-6-2)14(21-8-4)13(10-11)20-7-3/h9-10H,5-8H2,1-4H3,(H2,16,17,18). The van der Waals surface area contributed by atoms with E-state index in [1.165, 1.54) is 0 Å². The van der Waals surface area contributed by atoms with Gasteiger partial charge in [0.05, 0.1) is 25.5 Å². The number of carbonyl (C=O) groups excluding carboxylic acids is 1. The van der Waals surface area contributed by atoms with Gasteiger partial charge in [0, 0.05) is 18.7 Å². The molecule has 0 aliphatic carbocycles. The van der Waals surface area contributed by atoms with Gasteiger partial charge < -0.3 is 24.8 Å². The van der Waals surface area contributed by atoms with Gasteiger partial charge in [0.2, 0.25) is 5.75 Å². The van der Waals surface area contributed by atoms with Gasteiger partial charge >= 0.3 is 6.03 Å². The quantitative estimate of drug-likeness (QED) is 0.773. The van der Waals surface area contributed by atoms with E-state index < -0.39 is 0 Å². The number of amides is 2. The average molecular weight is 296 g/mol. The van der Waals surface area contributed by atoms with Crippen LogP contribution in [0.25, 0.3) is 0 Å². The number of anilines is 1. The first-order valence-electron chi connectivity index (χ1n) is 7.27. The lowest BCUT2D eigenvalue weighted by Crippen LogP contribution is -2.28. The molecule has 6 heteroatoms.